The van der Waals surface area contributed by atoms with E-state index in [1.54, 1.807) is 0 Å². The fourth-order valence-corrected chi connectivity index (χ4v) is 0.804. The Kier molecular flexibility index (Phi) is 2.00. The summed E-state index contributed by atoms with van der Waals surface area (Å²) in [6.07, 6.45) is 0. The lowest BCUT2D eigenvalue weighted by Crippen LogP contribution is -2.28. The van der Waals surface area contributed by atoms with Gasteiger partial charge < -0.3 is 4.90 Å². The van der Waals surface area contributed by atoms with Gasteiger partial charge in [0.15, 0.2) is 0 Å². The number of amides is 1. The summed E-state index contributed by atoms with van der Waals surface area (Å²) in [7, 11) is 0. The van der Waals surface area contributed by atoms with Gasteiger partial charge in [-0.1, -0.05) is 0 Å². The molecule has 1 aliphatic heterocycles. The number of carbonyl (C=O) groups is 1. The predicted molar refractivity (Wildman–Crippen MR) is 30.6 cm³/mol. The molecule has 0 aromatic carbocycles. The van der Waals surface area contributed by atoms with Crippen molar-refractivity contribution in [2.45, 2.75) is 0 Å². The first kappa shape index (κ1) is 6.48. The Bertz CT molecular complexity index is 118. The van der Waals surface area contributed by atoms with Gasteiger partial charge in [0, 0.05) is 0 Å². The van der Waals surface area contributed by atoms with E-state index in [0.717, 1.165) is 0 Å². The lowest BCUT2D eigenvalue weighted by Gasteiger charge is -2.10. The second-order valence-electron chi connectivity index (χ2n) is 1.93. The summed E-state index contributed by atoms with van der Waals surface area (Å²) in [5.41, 5.74) is 0. The molecule has 1 amide bonds. The number of hydrogen-bond acceptors (Lipinski definition) is 2. The van der Waals surface area contributed by atoms with Crippen molar-refractivity contribution in [1.29, 1.82) is 0 Å². The molecule has 1 rings (SSSR count). The highest BCUT2D eigenvalue weighted by Crippen LogP contribution is 1.93. The van der Waals surface area contributed by atoms with Crippen LogP contribution in [0.25, 0.3) is 0 Å². The van der Waals surface area contributed by atoms with Crippen LogP contribution in [0.5, 0.6) is 0 Å². The molecule has 0 unspecified atom stereocenters. The first-order valence-corrected chi connectivity index (χ1v) is 2.89. The van der Waals surface area contributed by atoms with E-state index < -0.39 is 6.67 Å². The number of rotatable bonds is 2. The number of carbonyl (C=O) groups excluding carboxylic acids is 1. The summed E-state index contributed by atoms with van der Waals surface area (Å²) in [5, 5.41) is 2.82. The largest absolute Gasteiger partial charge is 0.326 e. The van der Waals surface area contributed by atoms with Crippen LogP contribution in [-0.2, 0) is 4.79 Å². The third kappa shape index (κ3) is 1.38. The SMILES string of the molecule is O=C1CNCN1CCF. The van der Waals surface area contributed by atoms with Gasteiger partial charge in [-0.05, 0) is 0 Å². The second-order valence-corrected chi connectivity index (χ2v) is 1.93. The van der Waals surface area contributed by atoms with Crippen molar-refractivity contribution in [2.24, 2.45) is 0 Å². The van der Waals surface area contributed by atoms with Crippen molar-refractivity contribution >= 4 is 5.91 Å². The van der Waals surface area contributed by atoms with Gasteiger partial charge in [0.2, 0.25) is 5.91 Å². The molecule has 0 aromatic heterocycles. The maximum absolute atomic E-state index is 11.6. The van der Waals surface area contributed by atoms with Crippen LogP contribution < -0.4 is 5.32 Å². The second kappa shape index (κ2) is 2.77. The van der Waals surface area contributed by atoms with E-state index >= 15 is 0 Å². The Hall–Kier alpha value is -0.640. The molecule has 1 saturated heterocycles. The van der Waals surface area contributed by atoms with Gasteiger partial charge in [-0.15, -0.1) is 0 Å². The monoisotopic (exact) mass is 132 g/mol. The number of hydrogen-bond donors (Lipinski definition) is 1. The zero-order valence-electron chi connectivity index (χ0n) is 5.06. The molecule has 0 aromatic rings. The molecule has 0 bridgehead atoms. The molecular formula is C5H9FN2O. The van der Waals surface area contributed by atoms with Gasteiger partial charge in [-0.3, -0.25) is 10.1 Å². The highest BCUT2D eigenvalue weighted by Gasteiger charge is 2.17. The minimum atomic E-state index is -0.451. The summed E-state index contributed by atoms with van der Waals surface area (Å²) in [5.74, 6) is -0.00681. The van der Waals surface area contributed by atoms with Crippen LogP contribution in [0.4, 0.5) is 4.39 Å². The van der Waals surface area contributed by atoms with Crippen molar-refractivity contribution < 1.29 is 9.18 Å². The fourth-order valence-electron chi connectivity index (χ4n) is 0.804. The molecule has 0 radical (unpaired) electrons. The van der Waals surface area contributed by atoms with Crippen LogP contribution in [0.15, 0.2) is 0 Å². The van der Waals surface area contributed by atoms with Crippen LogP contribution in [-0.4, -0.2) is 37.2 Å². The number of alkyl halides is 1. The van der Waals surface area contributed by atoms with Crippen LogP contribution in [0.2, 0.25) is 0 Å². The molecule has 0 atom stereocenters. The zero-order chi connectivity index (χ0) is 6.69. The topological polar surface area (TPSA) is 32.3 Å². The Morgan fingerprint density at radius 2 is 2.56 bits per heavy atom. The van der Waals surface area contributed by atoms with E-state index in [-0.39, 0.29) is 12.5 Å². The lowest BCUT2D eigenvalue weighted by atomic mass is 10.5. The Balaban J connectivity index is 2.31. The van der Waals surface area contributed by atoms with Gasteiger partial charge in [-0.2, -0.15) is 0 Å². The molecule has 0 aliphatic carbocycles. The molecule has 0 spiro atoms. The Labute approximate surface area is 52.8 Å². The van der Waals surface area contributed by atoms with E-state index in [4.69, 9.17) is 0 Å². The first-order chi connectivity index (χ1) is 4.34. The molecule has 1 fully saturated rings. The van der Waals surface area contributed by atoms with Gasteiger partial charge in [0.05, 0.1) is 19.8 Å². The van der Waals surface area contributed by atoms with E-state index in [0.29, 0.717) is 13.2 Å². The molecule has 52 valence electrons. The maximum atomic E-state index is 11.6. The van der Waals surface area contributed by atoms with E-state index in [9.17, 15) is 9.18 Å². The average molecular weight is 132 g/mol. The van der Waals surface area contributed by atoms with Crippen LogP contribution in [0.1, 0.15) is 0 Å². The highest BCUT2D eigenvalue weighted by atomic mass is 19.1. The molecule has 1 aliphatic rings. The molecule has 4 heteroatoms. The van der Waals surface area contributed by atoms with Gasteiger partial charge in [-0.25, -0.2) is 4.39 Å². The van der Waals surface area contributed by atoms with Gasteiger partial charge in [0.1, 0.15) is 6.67 Å². The minimum absolute atomic E-state index is 0.00681. The molecule has 1 N–H and O–H groups in total. The first-order valence-electron chi connectivity index (χ1n) is 2.89. The summed E-state index contributed by atoms with van der Waals surface area (Å²) in [6, 6.07) is 0. The summed E-state index contributed by atoms with van der Waals surface area (Å²) >= 11 is 0. The Morgan fingerprint density at radius 1 is 1.78 bits per heavy atom. The number of nitrogens with zero attached hydrogens (tertiary/aromatic N) is 1. The van der Waals surface area contributed by atoms with Crippen molar-refractivity contribution in [3.05, 3.63) is 0 Å². The molecule has 3 nitrogen and oxygen atoms in total. The average Bonchev–Trinajstić information content (AvgIpc) is 2.18. The van der Waals surface area contributed by atoms with Crippen molar-refractivity contribution in [1.82, 2.24) is 10.2 Å². The standard InChI is InChI=1S/C5H9FN2O/c6-1-2-8-4-7-3-5(8)9/h7H,1-4H2. The van der Waals surface area contributed by atoms with Gasteiger partial charge in [0.25, 0.3) is 0 Å². The summed E-state index contributed by atoms with van der Waals surface area (Å²) in [4.78, 5) is 12.1. The van der Waals surface area contributed by atoms with E-state index in [1.165, 1.54) is 4.90 Å². The predicted octanol–water partition coefficient (Wildman–Crippen LogP) is -0.655. The van der Waals surface area contributed by atoms with Crippen LogP contribution >= 0.6 is 0 Å². The summed E-state index contributed by atoms with van der Waals surface area (Å²) in [6.45, 7) is 0.641. The van der Waals surface area contributed by atoms with E-state index in [1.807, 2.05) is 0 Å². The van der Waals surface area contributed by atoms with Crippen LogP contribution in [0, 0.1) is 0 Å². The molecule has 0 saturated carbocycles. The van der Waals surface area contributed by atoms with Gasteiger partial charge >= 0.3 is 0 Å². The molecule has 1 heterocycles. The third-order valence-electron chi connectivity index (χ3n) is 1.29. The maximum Gasteiger partial charge on any atom is 0.237 e. The lowest BCUT2D eigenvalue weighted by molar-refractivity contribution is -0.126. The fraction of sp³-hybridized carbons (Fsp3) is 0.800. The highest BCUT2D eigenvalue weighted by molar-refractivity contribution is 5.79. The van der Waals surface area contributed by atoms with E-state index in [2.05, 4.69) is 5.32 Å². The minimum Gasteiger partial charge on any atom is -0.326 e. The normalized spacial score (nSPS) is 19.2. The Morgan fingerprint density at radius 3 is 3.00 bits per heavy atom. The van der Waals surface area contributed by atoms with Crippen molar-refractivity contribution in [3.8, 4) is 0 Å². The smallest absolute Gasteiger partial charge is 0.237 e. The van der Waals surface area contributed by atoms with Crippen LogP contribution in [0.3, 0.4) is 0 Å². The zero-order valence-corrected chi connectivity index (χ0v) is 5.06. The summed E-state index contributed by atoms with van der Waals surface area (Å²) < 4.78 is 11.6. The van der Waals surface area contributed by atoms with Crippen molar-refractivity contribution in [3.63, 3.8) is 0 Å². The number of halogens is 1. The quantitative estimate of drug-likeness (QED) is 0.541. The molecule has 9 heavy (non-hydrogen) atoms. The third-order valence-corrected chi connectivity index (χ3v) is 1.29. The van der Waals surface area contributed by atoms with Crippen molar-refractivity contribution in [2.75, 3.05) is 26.4 Å². The molecular weight excluding hydrogens is 123 g/mol. The number of nitrogens with one attached hydrogen (secondary N) is 1.